The number of ether oxygens (including phenoxy) is 1. The van der Waals surface area contributed by atoms with E-state index in [1.807, 2.05) is 38.1 Å². The summed E-state index contributed by atoms with van der Waals surface area (Å²) in [6.45, 7) is 11.6. The van der Waals surface area contributed by atoms with Crippen LogP contribution in [0.2, 0.25) is 0 Å². The average Bonchev–Trinajstić information content (AvgIpc) is 3.11. The highest BCUT2D eigenvalue weighted by Gasteiger charge is 2.12. The Morgan fingerprint density at radius 2 is 1.88 bits per heavy atom. The normalized spacial score (nSPS) is 12.7. The van der Waals surface area contributed by atoms with Crippen molar-refractivity contribution in [1.82, 2.24) is 20.4 Å². The topological polar surface area (TPSA) is 83.7 Å². The van der Waals surface area contributed by atoms with Crippen LogP contribution in [0.15, 0.2) is 28.8 Å². The van der Waals surface area contributed by atoms with E-state index in [0.29, 0.717) is 36.6 Å². The summed E-state index contributed by atoms with van der Waals surface area (Å²) in [5.41, 5.74) is 0.869. The summed E-state index contributed by atoms with van der Waals surface area (Å²) >= 11 is 0. The summed E-state index contributed by atoms with van der Waals surface area (Å²) in [6.07, 6.45) is -0.545. The van der Waals surface area contributed by atoms with Gasteiger partial charge in [0.2, 0.25) is 11.7 Å². The number of hydrogen-bond acceptors (Lipinski definition) is 7. The smallest absolute Gasteiger partial charge is 0.241 e. The standard InChI is InChI=1S/C19H30N4O3/c1-5-23(6-2)12-18-21-19(22-26-18)15-7-9-17(10-8-15)25-13-16(24)11-20-14(3)4/h7-10,14,16,20,24H,5-6,11-13H2,1-4H3. The quantitative estimate of drug-likeness (QED) is 0.634. The second kappa shape index (κ2) is 10.3. The molecule has 26 heavy (non-hydrogen) atoms. The summed E-state index contributed by atoms with van der Waals surface area (Å²) < 4.78 is 11.0. The maximum atomic E-state index is 9.88. The first-order valence-corrected chi connectivity index (χ1v) is 9.21. The lowest BCUT2D eigenvalue weighted by molar-refractivity contribution is 0.104. The zero-order valence-electron chi connectivity index (χ0n) is 16.1. The van der Waals surface area contributed by atoms with Gasteiger partial charge in [-0.2, -0.15) is 4.98 Å². The van der Waals surface area contributed by atoms with Gasteiger partial charge in [-0.3, -0.25) is 4.90 Å². The number of rotatable bonds is 11. The second-order valence-corrected chi connectivity index (χ2v) is 6.53. The SMILES string of the molecule is CCN(CC)Cc1nc(-c2ccc(OCC(O)CNC(C)C)cc2)no1. The molecule has 0 saturated heterocycles. The summed E-state index contributed by atoms with van der Waals surface area (Å²) in [4.78, 5) is 6.67. The molecule has 0 spiro atoms. The Morgan fingerprint density at radius 1 is 1.19 bits per heavy atom. The summed E-state index contributed by atoms with van der Waals surface area (Å²) in [6, 6.07) is 7.81. The summed E-state index contributed by atoms with van der Waals surface area (Å²) in [5, 5.41) is 17.1. The number of hydrogen-bond donors (Lipinski definition) is 2. The van der Waals surface area contributed by atoms with Crippen molar-refractivity contribution < 1.29 is 14.4 Å². The average molecular weight is 362 g/mol. The van der Waals surface area contributed by atoms with Crippen molar-refractivity contribution in [3.8, 4) is 17.1 Å². The van der Waals surface area contributed by atoms with E-state index in [9.17, 15) is 5.11 Å². The van der Waals surface area contributed by atoms with Gasteiger partial charge in [-0.25, -0.2) is 0 Å². The van der Waals surface area contributed by atoms with Crippen molar-refractivity contribution in [2.75, 3.05) is 26.2 Å². The zero-order valence-corrected chi connectivity index (χ0v) is 16.1. The Morgan fingerprint density at radius 3 is 2.50 bits per heavy atom. The molecule has 7 heteroatoms. The second-order valence-electron chi connectivity index (χ2n) is 6.53. The maximum Gasteiger partial charge on any atom is 0.241 e. The third-order valence-electron chi connectivity index (χ3n) is 4.04. The molecule has 2 N–H and O–H groups in total. The minimum atomic E-state index is -0.545. The molecule has 1 heterocycles. The Hall–Kier alpha value is -1.96. The molecule has 0 aliphatic rings. The number of benzene rings is 1. The fourth-order valence-electron chi connectivity index (χ4n) is 2.40. The number of nitrogens with one attached hydrogen (secondary N) is 1. The Bertz CT molecular complexity index is 638. The predicted molar refractivity (Wildman–Crippen MR) is 101 cm³/mol. The molecule has 0 radical (unpaired) electrons. The molecule has 1 atom stereocenters. The highest BCUT2D eigenvalue weighted by atomic mass is 16.5. The monoisotopic (exact) mass is 362 g/mol. The fourth-order valence-corrected chi connectivity index (χ4v) is 2.40. The molecule has 0 bridgehead atoms. The van der Waals surface area contributed by atoms with E-state index in [4.69, 9.17) is 9.26 Å². The van der Waals surface area contributed by atoms with E-state index < -0.39 is 6.10 Å². The lowest BCUT2D eigenvalue weighted by atomic mass is 10.2. The predicted octanol–water partition coefficient (Wildman–Crippen LogP) is 2.32. The fraction of sp³-hybridized carbons (Fsp3) is 0.579. The molecule has 2 rings (SSSR count). The maximum absolute atomic E-state index is 9.88. The van der Waals surface area contributed by atoms with E-state index in [0.717, 1.165) is 18.7 Å². The van der Waals surface area contributed by atoms with Crippen LogP contribution >= 0.6 is 0 Å². The van der Waals surface area contributed by atoms with Crippen molar-refractivity contribution >= 4 is 0 Å². The van der Waals surface area contributed by atoms with E-state index in [-0.39, 0.29) is 6.61 Å². The number of aliphatic hydroxyl groups is 1. The first kappa shape index (κ1) is 20.4. The van der Waals surface area contributed by atoms with Gasteiger partial charge in [0.25, 0.3) is 0 Å². The van der Waals surface area contributed by atoms with Gasteiger partial charge in [-0.15, -0.1) is 0 Å². The van der Waals surface area contributed by atoms with Crippen molar-refractivity contribution in [2.24, 2.45) is 0 Å². The Kier molecular flexibility index (Phi) is 8.03. The molecule has 0 fully saturated rings. The minimum Gasteiger partial charge on any atom is -0.491 e. The largest absolute Gasteiger partial charge is 0.491 e. The summed E-state index contributed by atoms with van der Waals surface area (Å²) in [5.74, 6) is 1.88. The van der Waals surface area contributed by atoms with Crippen molar-refractivity contribution in [3.05, 3.63) is 30.2 Å². The van der Waals surface area contributed by atoms with Crippen LogP contribution in [-0.2, 0) is 6.54 Å². The van der Waals surface area contributed by atoms with Gasteiger partial charge < -0.3 is 19.7 Å². The van der Waals surface area contributed by atoms with Crippen molar-refractivity contribution in [3.63, 3.8) is 0 Å². The summed E-state index contributed by atoms with van der Waals surface area (Å²) in [7, 11) is 0. The molecule has 0 saturated carbocycles. The molecule has 144 valence electrons. The molecule has 2 aromatic rings. The van der Waals surface area contributed by atoms with Gasteiger partial charge in [0.15, 0.2) is 0 Å². The first-order valence-electron chi connectivity index (χ1n) is 9.21. The van der Waals surface area contributed by atoms with E-state index in [2.05, 4.69) is 34.2 Å². The number of nitrogens with zero attached hydrogens (tertiary/aromatic N) is 3. The van der Waals surface area contributed by atoms with Gasteiger partial charge >= 0.3 is 0 Å². The van der Waals surface area contributed by atoms with Crippen LogP contribution in [0.3, 0.4) is 0 Å². The van der Waals surface area contributed by atoms with Crippen LogP contribution in [0.1, 0.15) is 33.6 Å². The van der Waals surface area contributed by atoms with Crippen molar-refractivity contribution in [1.29, 1.82) is 0 Å². The molecule has 1 unspecified atom stereocenters. The first-order chi connectivity index (χ1) is 12.5. The van der Waals surface area contributed by atoms with Gasteiger partial charge in [-0.1, -0.05) is 32.9 Å². The molecule has 0 amide bonds. The highest BCUT2D eigenvalue weighted by Crippen LogP contribution is 2.20. The molecule has 1 aromatic carbocycles. The van der Waals surface area contributed by atoms with Crippen LogP contribution in [-0.4, -0.2) is 58.5 Å². The van der Waals surface area contributed by atoms with Crippen molar-refractivity contribution in [2.45, 2.75) is 46.4 Å². The molecule has 1 aromatic heterocycles. The Labute approximate surface area is 155 Å². The van der Waals surface area contributed by atoms with Crippen LogP contribution in [0, 0.1) is 0 Å². The van der Waals surface area contributed by atoms with Gasteiger partial charge in [0.1, 0.15) is 18.5 Å². The molecule has 0 aliphatic heterocycles. The van der Waals surface area contributed by atoms with Gasteiger partial charge in [0.05, 0.1) is 6.54 Å². The lowest BCUT2D eigenvalue weighted by Crippen LogP contribution is -2.35. The molecular weight excluding hydrogens is 332 g/mol. The third kappa shape index (κ3) is 6.40. The van der Waals surface area contributed by atoms with Gasteiger partial charge in [0, 0.05) is 18.2 Å². The Balaban J connectivity index is 1.88. The van der Waals surface area contributed by atoms with Crippen LogP contribution in [0.5, 0.6) is 5.75 Å². The van der Waals surface area contributed by atoms with E-state index in [1.54, 1.807) is 0 Å². The molecule has 0 aliphatic carbocycles. The van der Waals surface area contributed by atoms with E-state index >= 15 is 0 Å². The van der Waals surface area contributed by atoms with Crippen LogP contribution in [0.25, 0.3) is 11.4 Å². The lowest BCUT2D eigenvalue weighted by Gasteiger charge is -2.15. The third-order valence-corrected chi connectivity index (χ3v) is 4.04. The highest BCUT2D eigenvalue weighted by molar-refractivity contribution is 5.55. The van der Waals surface area contributed by atoms with Gasteiger partial charge in [-0.05, 0) is 37.4 Å². The zero-order chi connectivity index (χ0) is 18.9. The van der Waals surface area contributed by atoms with Crippen LogP contribution in [0.4, 0.5) is 0 Å². The number of aliphatic hydroxyl groups excluding tert-OH is 1. The molecule has 7 nitrogen and oxygen atoms in total. The minimum absolute atomic E-state index is 0.245. The van der Waals surface area contributed by atoms with E-state index in [1.165, 1.54) is 0 Å². The number of aromatic nitrogens is 2. The van der Waals surface area contributed by atoms with Crippen LogP contribution < -0.4 is 10.1 Å². The molecular formula is C19H30N4O3.